The van der Waals surface area contributed by atoms with Crippen LogP contribution in [0.25, 0.3) is 11.0 Å². The van der Waals surface area contributed by atoms with Gasteiger partial charge in [-0.3, -0.25) is 4.79 Å². The topological polar surface area (TPSA) is 85.8 Å². The van der Waals surface area contributed by atoms with Gasteiger partial charge in [0.1, 0.15) is 0 Å². The van der Waals surface area contributed by atoms with E-state index in [0.29, 0.717) is 12.1 Å². The molecular formula is C15H23N5O. The van der Waals surface area contributed by atoms with Crippen LogP contribution < -0.4 is 11.1 Å². The Morgan fingerprint density at radius 2 is 2.19 bits per heavy atom. The lowest BCUT2D eigenvalue weighted by Crippen LogP contribution is -2.48. The molecule has 0 aliphatic rings. The van der Waals surface area contributed by atoms with Crippen LogP contribution in [-0.2, 0) is 4.79 Å². The molecule has 1 atom stereocenters. The first kappa shape index (κ1) is 15.4. The van der Waals surface area contributed by atoms with E-state index in [4.69, 9.17) is 5.73 Å². The van der Waals surface area contributed by atoms with Crippen molar-refractivity contribution in [2.24, 2.45) is 5.73 Å². The number of fused-ring (bicyclic) bond motifs is 1. The SMILES string of the molecule is CCCC(C)(N)C(=O)Nc1cnc2c(cnn2C(C)C)c1. The molecular weight excluding hydrogens is 266 g/mol. The second kappa shape index (κ2) is 5.81. The van der Waals surface area contributed by atoms with Crippen molar-refractivity contribution in [1.29, 1.82) is 0 Å². The fourth-order valence-corrected chi connectivity index (χ4v) is 2.29. The van der Waals surface area contributed by atoms with Crippen molar-refractivity contribution in [3.05, 3.63) is 18.5 Å². The molecule has 0 bridgehead atoms. The van der Waals surface area contributed by atoms with Crippen LogP contribution in [0.4, 0.5) is 5.69 Å². The van der Waals surface area contributed by atoms with Crippen LogP contribution in [0, 0.1) is 0 Å². The predicted molar refractivity (Wildman–Crippen MR) is 84.0 cm³/mol. The summed E-state index contributed by atoms with van der Waals surface area (Å²) in [6.45, 7) is 7.85. The first-order valence-corrected chi connectivity index (χ1v) is 7.28. The molecule has 0 aliphatic carbocycles. The summed E-state index contributed by atoms with van der Waals surface area (Å²) in [6.07, 6.45) is 4.90. The van der Waals surface area contributed by atoms with Gasteiger partial charge >= 0.3 is 0 Å². The van der Waals surface area contributed by atoms with Crippen LogP contribution in [0.15, 0.2) is 18.5 Å². The third kappa shape index (κ3) is 3.21. The van der Waals surface area contributed by atoms with E-state index in [9.17, 15) is 4.79 Å². The zero-order chi connectivity index (χ0) is 15.6. The highest BCUT2D eigenvalue weighted by atomic mass is 16.2. The summed E-state index contributed by atoms with van der Waals surface area (Å²) in [4.78, 5) is 16.6. The molecule has 1 amide bonds. The van der Waals surface area contributed by atoms with Crippen molar-refractivity contribution in [2.45, 2.75) is 52.1 Å². The first-order chi connectivity index (χ1) is 9.85. The van der Waals surface area contributed by atoms with E-state index >= 15 is 0 Å². The molecule has 21 heavy (non-hydrogen) atoms. The van der Waals surface area contributed by atoms with Crippen molar-refractivity contribution < 1.29 is 4.79 Å². The summed E-state index contributed by atoms with van der Waals surface area (Å²) in [7, 11) is 0. The van der Waals surface area contributed by atoms with Gasteiger partial charge in [0.05, 0.1) is 23.6 Å². The van der Waals surface area contributed by atoms with Crippen molar-refractivity contribution in [1.82, 2.24) is 14.8 Å². The lowest BCUT2D eigenvalue weighted by molar-refractivity contribution is -0.120. The van der Waals surface area contributed by atoms with E-state index < -0.39 is 5.54 Å². The Kier molecular flexibility index (Phi) is 4.27. The number of carbonyl (C=O) groups excluding carboxylic acids is 1. The number of nitrogens with two attached hydrogens (primary N) is 1. The molecule has 6 heteroatoms. The molecule has 0 spiro atoms. The Balaban J connectivity index is 2.22. The maximum absolute atomic E-state index is 12.2. The highest BCUT2D eigenvalue weighted by Gasteiger charge is 2.27. The summed E-state index contributed by atoms with van der Waals surface area (Å²) < 4.78 is 1.85. The Bertz CT molecular complexity index is 645. The molecule has 3 N–H and O–H groups in total. The maximum Gasteiger partial charge on any atom is 0.244 e. The van der Waals surface area contributed by atoms with E-state index in [-0.39, 0.29) is 11.9 Å². The molecule has 2 rings (SSSR count). The van der Waals surface area contributed by atoms with Crippen LogP contribution in [0.3, 0.4) is 0 Å². The molecule has 0 saturated heterocycles. The Labute approximate surface area is 124 Å². The van der Waals surface area contributed by atoms with Gasteiger partial charge in [-0.15, -0.1) is 0 Å². The average molecular weight is 289 g/mol. The van der Waals surface area contributed by atoms with Crippen LogP contribution in [0.2, 0.25) is 0 Å². The molecule has 114 valence electrons. The van der Waals surface area contributed by atoms with Gasteiger partial charge in [-0.25, -0.2) is 9.67 Å². The van der Waals surface area contributed by atoms with E-state index in [1.54, 1.807) is 19.3 Å². The van der Waals surface area contributed by atoms with Gasteiger partial charge in [-0.2, -0.15) is 5.10 Å². The normalized spacial score (nSPS) is 14.4. The molecule has 1 unspecified atom stereocenters. The zero-order valence-electron chi connectivity index (χ0n) is 13.1. The summed E-state index contributed by atoms with van der Waals surface area (Å²) in [5.41, 5.74) is 6.61. The zero-order valence-corrected chi connectivity index (χ0v) is 13.1. The minimum Gasteiger partial charge on any atom is -0.323 e. The highest BCUT2D eigenvalue weighted by Crippen LogP contribution is 2.20. The number of nitrogens with one attached hydrogen (secondary N) is 1. The number of amides is 1. The van der Waals surface area contributed by atoms with Crippen LogP contribution in [-0.4, -0.2) is 26.2 Å². The molecule has 0 radical (unpaired) electrons. The average Bonchev–Trinajstić information content (AvgIpc) is 2.81. The van der Waals surface area contributed by atoms with Crippen LogP contribution in [0.5, 0.6) is 0 Å². The Morgan fingerprint density at radius 1 is 1.48 bits per heavy atom. The van der Waals surface area contributed by atoms with E-state index in [0.717, 1.165) is 17.5 Å². The van der Waals surface area contributed by atoms with Crippen molar-refractivity contribution in [2.75, 3.05) is 5.32 Å². The molecule has 0 aromatic carbocycles. The lowest BCUT2D eigenvalue weighted by Gasteiger charge is -2.22. The summed E-state index contributed by atoms with van der Waals surface area (Å²) in [6, 6.07) is 2.11. The smallest absolute Gasteiger partial charge is 0.244 e. The van der Waals surface area contributed by atoms with Crippen LogP contribution >= 0.6 is 0 Å². The van der Waals surface area contributed by atoms with Crippen molar-refractivity contribution >= 4 is 22.6 Å². The van der Waals surface area contributed by atoms with E-state index in [2.05, 4.69) is 29.2 Å². The number of nitrogens with zero attached hydrogens (tertiary/aromatic N) is 3. The Hall–Kier alpha value is -1.95. The second-order valence-corrected chi connectivity index (χ2v) is 5.94. The maximum atomic E-state index is 12.2. The standard InChI is InChI=1S/C15H23N5O/c1-5-6-15(4,16)14(21)19-12-7-11-8-18-20(10(2)3)13(11)17-9-12/h7-10H,5-6,16H2,1-4H3,(H,19,21). The number of rotatable bonds is 5. The lowest BCUT2D eigenvalue weighted by atomic mass is 9.96. The number of pyridine rings is 1. The molecule has 2 aromatic rings. The number of aromatic nitrogens is 3. The summed E-state index contributed by atoms with van der Waals surface area (Å²) >= 11 is 0. The van der Waals surface area contributed by atoms with E-state index in [1.807, 2.05) is 17.7 Å². The third-order valence-electron chi connectivity index (χ3n) is 3.47. The molecule has 2 heterocycles. The highest BCUT2D eigenvalue weighted by molar-refractivity contribution is 5.98. The summed E-state index contributed by atoms with van der Waals surface area (Å²) in [5, 5.41) is 8.04. The van der Waals surface area contributed by atoms with Crippen molar-refractivity contribution in [3.63, 3.8) is 0 Å². The fraction of sp³-hybridized carbons (Fsp3) is 0.533. The summed E-state index contributed by atoms with van der Waals surface area (Å²) in [5.74, 6) is -0.193. The molecule has 0 fully saturated rings. The van der Waals surface area contributed by atoms with Gasteiger partial charge in [0.15, 0.2) is 5.65 Å². The number of anilines is 1. The number of carbonyl (C=O) groups is 1. The van der Waals surface area contributed by atoms with Gasteiger partial charge < -0.3 is 11.1 Å². The largest absolute Gasteiger partial charge is 0.323 e. The molecule has 6 nitrogen and oxygen atoms in total. The minimum absolute atomic E-state index is 0.193. The van der Waals surface area contributed by atoms with Gasteiger partial charge in [-0.05, 0) is 33.3 Å². The number of hydrogen-bond acceptors (Lipinski definition) is 4. The predicted octanol–water partition coefficient (Wildman–Crippen LogP) is 2.47. The molecule has 0 saturated carbocycles. The first-order valence-electron chi connectivity index (χ1n) is 7.28. The van der Waals surface area contributed by atoms with Gasteiger partial charge in [0, 0.05) is 11.4 Å². The van der Waals surface area contributed by atoms with Gasteiger partial charge in [0.2, 0.25) is 5.91 Å². The minimum atomic E-state index is -0.869. The molecule has 2 aromatic heterocycles. The fourth-order valence-electron chi connectivity index (χ4n) is 2.29. The van der Waals surface area contributed by atoms with Crippen molar-refractivity contribution in [3.8, 4) is 0 Å². The van der Waals surface area contributed by atoms with Gasteiger partial charge in [0.25, 0.3) is 0 Å². The quantitative estimate of drug-likeness (QED) is 0.885. The van der Waals surface area contributed by atoms with Gasteiger partial charge in [-0.1, -0.05) is 13.3 Å². The van der Waals surface area contributed by atoms with E-state index in [1.165, 1.54) is 0 Å². The second-order valence-electron chi connectivity index (χ2n) is 5.94. The monoisotopic (exact) mass is 289 g/mol. The Morgan fingerprint density at radius 3 is 2.81 bits per heavy atom. The molecule has 0 aliphatic heterocycles. The van der Waals surface area contributed by atoms with Crippen LogP contribution in [0.1, 0.15) is 46.6 Å². The third-order valence-corrected chi connectivity index (χ3v) is 3.47. The number of hydrogen-bond donors (Lipinski definition) is 2.